The number of aromatic amines is 1. The molecule has 2 rings (SSSR count). The lowest BCUT2D eigenvalue weighted by molar-refractivity contribution is -0.124. The highest BCUT2D eigenvalue weighted by atomic mass is 16.5. The highest BCUT2D eigenvalue weighted by Gasteiger charge is 2.10. The van der Waals surface area contributed by atoms with E-state index in [1.807, 2.05) is 44.2 Å². The van der Waals surface area contributed by atoms with Crippen LogP contribution in [-0.4, -0.2) is 45.8 Å². The van der Waals surface area contributed by atoms with E-state index in [1.165, 1.54) is 22.9 Å². The zero-order valence-corrected chi connectivity index (χ0v) is 18.3. The van der Waals surface area contributed by atoms with Gasteiger partial charge in [-0.25, -0.2) is 5.48 Å². The van der Waals surface area contributed by atoms with Crippen molar-refractivity contribution in [2.45, 2.75) is 40.2 Å². The maximum atomic E-state index is 11.0. The number of H-pyrrole nitrogens is 1. The molecule has 0 unspecified atom stereocenters. The Morgan fingerprint density at radius 3 is 2.50 bits per heavy atom. The van der Waals surface area contributed by atoms with Gasteiger partial charge in [0.05, 0.1) is 6.61 Å². The Labute approximate surface area is 179 Å². The van der Waals surface area contributed by atoms with E-state index >= 15 is 0 Å². The Kier molecular flexibility index (Phi) is 12.1. The molecule has 0 aliphatic carbocycles. The van der Waals surface area contributed by atoms with E-state index < -0.39 is 5.91 Å². The van der Waals surface area contributed by atoms with Gasteiger partial charge in [0.2, 0.25) is 0 Å². The summed E-state index contributed by atoms with van der Waals surface area (Å²) in [4.78, 5) is 16.6. The summed E-state index contributed by atoms with van der Waals surface area (Å²) in [6, 6.07) is 7.84. The van der Waals surface area contributed by atoms with E-state index in [9.17, 15) is 9.90 Å². The van der Waals surface area contributed by atoms with Gasteiger partial charge in [-0.3, -0.25) is 14.9 Å². The number of aryl methyl sites for hydroxylation is 1. The Bertz CT molecular complexity index is 795. The first-order chi connectivity index (χ1) is 14.6. The molecule has 1 aromatic carbocycles. The third-order valence-electron chi connectivity index (χ3n) is 4.69. The molecule has 4 N–H and O–H groups in total. The monoisotopic (exact) mass is 413 g/mol. The summed E-state index contributed by atoms with van der Waals surface area (Å²) in [5, 5.41) is 17.9. The number of aliphatic hydroxyl groups excluding tert-OH is 1. The molecule has 164 valence electrons. The molecule has 0 aliphatic rings. The maximum Gasteiger partial charge on any atom is 0.267 e. The van der Waals surface area contributed by atoms with E-state index in [4.69, 9.17) is 5.21 Å². The molecule has 0 fully saturated rings. The van der Waals surface area contributed by atoms with Crippen LogP contribution in [0.15, 0.2) is 43.1 Å². The minimum absolute atomic E-state index is 0.110. The molecule has 0 atom stereocenters. The summed E-state index contributed by atoms with van der Waals surface area (Å²) in [6.07, 6.45) is 8.69. The number of nitrogens with one attached hydrogen (secondary N) is 2. The Morgan fingerprint density at radius 2 is 1.93 bits per heavy atom. The second kappa shape index (κ2) is 14.3. The summed E-state index contributed by atoms with van der Waals surface area (Å²) in [6.45, 7) is 12.3. The van der Waals surface area contributed by atoms with Gasteiger partial charge in [-0.1, -0.05) is 57.7 Å². The maximum absolute atomic E-state index is 11.0. The van der Waals surface area contributed by atoms with Crippen LogP contribution in [0.4, 0.5) is 0 Å². The number of amides is 1. The smallest absolute Gasteiger partial charge is 0.267 e. The van der Waals surface area contributed by atoms with Crippen LogP contribution in [0.5, 0.6) is 0 Å². The molecule has 0 aliphatic heterocycles. The summed E-state index contributed by atoms with van der Waals surface area (Å²) in [7, 11) is 0. The number of carbonyl (C=O) groups is 1. The summed E-state index contributed by atoms with van der Waals surface area (Å²) in [5.41, 5.74) is 7.21. The second-order valence-electron chi connectivity index (χ2n) is 6.56. The van der Waals surface area contributed by atoms with Gasteiger partial charge in [0, 0.05) is 37.6 Å². The minimum Gasteiger partial charge on any atom is -0.395 e. The fourth-order valence-electron chi connectivity index (χ4n) is 3.17. The van der Waals surface area contributed by atoms with Gasteiger partial charge in [0.15, 0.2) is 0 Å². The Morgan fingerprint density at radius 1 is 1.23 bits per heavy atom. The van der Waals surface area contributed by atoms with Gasteiger partial charge < -0.3 is 10.1 Å². The topological polar surface area (TPSA) is 88.6 Å². The van der Waals surface area contributed by atoms with Crippen LogP contribution in [0.3, 0.4) is 0 Å². The molecule has 0 saturated heterocycles. The number of aliphatic hydroxyl groups is 1. The van der Waals surface area contributed by atoms with Gasteiger partial charge in [-0.15, -0.1) is 0 Å². The van der Waals surface area contributed by atoms with Crippen LogP contribution in [-0.2, 0) is 24.2 Å². The van der Waals surface area contributed by atoms with E-state index in [1.54, 1.807) is 11.6 Å². The van der Waals surface area contributed by atoms with Crippen molar-refractivity contribution in [1.29, 1.82) is 0 Å². The third-order valence-corrected chi connectivity index (χ3v) is 4.69. The largest absolute Gasteiger partial charge is 0.395 e. The average Bonchev–Trinajstić information content (AvgIpc) is 3.20. The van der Waals surface area contributed by atoms with E-state index in [2.05, 4.69) is 29.6 Å². The number of aromatic nitrogens is 1. The van der Waals surface area contributed by atoms with Crippen molar-refractivity contribution in [3.05, 3.63) is 71.1 Å². The summed E-state index contributed by atoms with van der Waals surface area (Å²) < 4.78 is 0. The molecule has 0 radical (unpaired) electrons. The zero-order valence-electron chi connectivity index (χ0n) is 18.3. The molecule has 6 heteroatoms. The minimum atomic E-state index is -0.562. The standard InChI is InChI=1S/C22H29N3O3.C2H6/c1-3-20-19(15-23-21(20)4-2)11-12-25(13-14-26)16-18-7-5-17(6-8-18)9-10-22(27)24-28;1-2/h3,5-10,15,23,26,28H,1,4,11-14,16H2,2H3,(H,24,27);1-2H3/b10-9+;. The normalized spacial score (nSPS) is 10.7. The fraction of sp³-hybridized carbons (Fsp3) is 0.375. The average molecular weight is 414 g/mol. The first-order valence-electron chi connectivity index (χ1n) is 10.5. The number of nitrogens with zero attached hydrogens (tertiary/aromatic N) is 1. The second-order valence-corrected chi connectivity index (χ2v) is 6.56. The van der Waals surface area contributed by atoms with Gasteiger partial charge in [-0.2, -0.15) is 0 Å². The van der Waals surface area contributed by atoms with Crippen molar-refractivity contribution in [2.75, 3.05) is 19.7 Å². The van der Waals surface area contributed by atoms with Crippen LogP contribution < -0.4 is 5.48 Å². The van der Waals surface area contributed by atoms with Crippen molar-refractivity contribution < 1.29 is 15.1 Å². The number of hydrogen-bond acceptors (Lipinski definition) is 4. The van der Waals surface area contributed by atoms with Gasteiger partial charge in [0.1, 0.15) is 0 Å². The molecule has 2 aromatic rings. The van der Waals surface area contributed by atoms with Gasteiger partial charge >= 0.3 is 0 Å². The first-order valence-corrected chi connectivity index (χ1v) is 10.5. The van der Waals surface area contributed by atoms with Crippen molar-refractivity contribution in [2.24, 2.45) is 0 Å². The van der Waals surface area contributed by atoms with Gasteiger partial charge in [-0.05, 0) is 41.2 Å². The molecule has 1 aromatic heterocycles. The SMILES string of the molecule is C=Cc1c(CCN(CCO)Cc2ccc(/C=C/C(=O)NO)cc2)c[nH]c1CC.CC. The van der Waals surface area contributed by atoms with E-state index in [-0.39, 0.29) is 6.61 Å². The number of carbonyl (C=O) groups excluding carboxylic acids is 1. The lowest BCUT2D eigenvalue weighted by atomic mass is 10.1. The van der Waals surface area contributed by atoms with Crippen LogP contribution in [0.25, 0.3) is 12.2 Å². The molecule has 6 nitrogen and oxygen atoms in total. The van der Waals surface area contributed by atoms with Crippen LogP contribution in [0.1, 0.15) is 48.7 Å². The number of rotatable bonds is 11. The van der Waals surface area contributed by atoms with E-state index in [0.29, 0.717) is 6.54 Å². The van der Waals surface area contributed by atoms with Crippen LogP contribution in [0, 0.1) is 0 Å². The highest BCUT2D eigenvalue weighted by molar-refractivity contribution is 5.90. The molecule has 1 heterocycles. The molecule has 30 heavy (non-hydrogen) atoms. The van der Waals surface area contributed by atoms with Crippen molar-refractivity contribution in [3.8, 4) is 0 Å². The van der Waals surface area contributed by atoms with Crippen molar-refractivity contribution in [1.82, 2.24) is 15.4 Å². The van der Waals surface area contributed by atoms with Gasteiger partial charge in [0.25, 0.3) is 5.91 Å². The number of benzene rings is 1. The quantitative estimate of drug-likeness (QED) is 0.256. The van der Waals surface area contributed by atoms with Crippen LogP contribution in [0.2, 0.25) is 0 Å². The summed E-state index contributed by atoms with van der Waals surface area (Å²) >= 11 is 0. The van der Waals surface area contributed by atoms with Crippen LogP contribution >= 0.6 is 0 Å². The fourth-order valence-corrected chi connectivity index (χ4v) is 3.17. The lowest BCUT2D eigenvalue weighted by Crippen LogP contribution is -2.28. The predicted octanol–water partition coefficient (Wildman–Crippen LogP) is 3.80. The Hall–Kier alpha value is -2.67. The lowest BCUT2D eigenvalue weighted by Gasteiger charge is -2.21. The summed E-state index contributed by atoms with van der Waals surface area (Å²) in [5.74, 6) is -0.562. The molecule has 0 saturated carbocycles. The highest BCUT2D eigenvalue weighted by Crippen LogP contribution is 2.18. The van der Waals surface area contributed by atoms with Crippen molar-refractivity contribution in [3.63, 3.8) is 0 Å². The molecular formula is C24H35N3O3. The molecule has 0 spiro atoms. The zero-order chi connectivity index (χ0) is 22.4. The molecular weight excluding hydrogens is 378 g/mol. The van der Waals surface area contributed by atoms with Crippen molar-refractivity contribution >= 4 is 18.1 Å². The molecule has 0 bridgehead atoms. The molecule has 1 amide bonds. The predicted molar refractivity (Wildman–Crippen MR) is 123 cm³/mol. The number of hydroxylamine groups is 1. The Balaban J connectivity index is 0.00000218. The third kappa shape index (κ3) is 7.99. The first kappa shape index (κ1) is 25.4. The number of hydrogen-bond donors (Lipinski definition) is 4. The van der Waals surface area contributed by atoms with E-state index in [0.717, 1.165) is 37.1 Å².